The number of nitrogens with one attached hydrogen (secondary N) is 2. The molecule has 0 saturated heterocycles. The Bertz CT molecular complexity index is 749. The van der Waals surface area contributed by atoms with Crippen LogP contribution >= 0.6 is 0 Å². The van der Waals surface area contributed by atoms with Gasteiger partial charge in [-0.1, -0.05) is 31.2 Å². The number of aromatic amines is 1. The van der Waals surface area contributed by atoms with Gasteiger partial charge >= 0.3 is 0 Å². The van der Waals surface area contributed by atoms with Crippen LogP contribution in [-0.4, -0.2) is 27.8 Å². The highest BCUT2D eigenvalue weighted by atomic mass is 16.3. The van der Waals surface area contributed by atoms with Crippen molar-refractivity contribution in [2.24, 2.45) is 0 Å². The second-order valence-corrected chi connectivity index (χ2v) is 7.27. The van der Waals surface area contributed by atoms with E-state index in [0.29, 0.717) is 12.8 Å². The molecule has 0 bridgehead atoms. The van der Waals surface area contributed by atoms with Gasteiger partial charge in [0.1, 0.15) is 5.60 Å². The first-order valence-corrected chi connectivity index (χ1v) is 8.99. The summed E-state index contributed by atoms with van der Waals surface area (Å²) in [7, 11) is 0. The van der Waals surface area contributed by atoms with Crippen molar-refractivity contribution in [3.8, 4) is 0 Å². The molecule has 134 valence electrons. The highest BCUT2D eigenvalue weighted by Gasteiger charge is 2.34. The summed E-state index contributed by atoms with van der Waals surface area (Å²) in [5, 5.41) is 21.2. The minimum Gasteiger partial charge on any atom is -0.383 e. The summed E-state index contributed by atoms with van der Waals surface area (Å²) in [6.07, 6.45) is 2.99. The molecule has 3 N–H and O–H groups in total. The number of amides is 1. The fourth-order valence-electron chi connectivity index (χ4n) is 4.06. The number of fused-ring (bicyclic) bond motifs is 1. The summed E-state index contributed by atoms with van der Waals surface area (Å²) in [6.45, 7) is 6.23. The van der Waals surface area contributed by atoms with E-state index in [1.807, 2.05) is 39.0 Å². The molecule has 5 nitrogen and oxygen atoms in total. The lowest BCUT2D eigenvalue weighted by molar-refractivity contribution is -0.123. The summed E-state index contributed by atoms with van der Waals surface area (Å²) in [6, 6.07) is 7.99. The van der Waals surface area contributed by atoms with Gasteiger partial charge < -0.3 is 10.4 Å². The van der Waals surface area contributed by atoms with Crippen LogP contribution in [-0.2, 0) is 16.8 Å². The van der Waals surface area contributed by atoms with Crippen molar-refractivity contribution >= 4 is 5.91 Å². The summed E-state index contributed by atoms with van der Waals surface area (Å²) in [4.78, 5) is 12.4. The molecule has 1 amide bonds. The number of aryl methyl sites for hydroxylation is 3. The Kier molecular flexibility index (Phi) is 4.95. The molecule has 2 aromatic rings. The predicted molar refractivity (Wildman–Crippen MR) is 97.4 cm³/mol. The van der Waals surface area contributed by atoms with Gasteiger partial charge in [0.2, 0.25) is 5.91 Å². The Morgan fingerprint density at radius 3 is 2.88 bits per heavy atom. The van der Waals surface area contributed by atoms with Crippen molar-refractivity contribution in [1.82, 2.24) is 15.5 Å². The van der Waals surface area contributed by atoms with Crippen LogP contribution in [0.3, 0.4) is 0 Å². The van der Waals surface area contributed by atoms with Crippen molar-refractivity contribution in [2.45, 2.75) is 58.0 Å². The highest BCUT2D eigenvalue weighted by molar-refractivity contribution is 5.77. The van der Waals surface area contributed by atoms with Gasteiger partial charge in [0.25, 0.3) is 0 Å². The smallest absolute Gasteiger partial charge is 0.220 e. The normalized spacial score (nSPS) is 20.8. The quantitative estimate of drug-likeness (QED) is 0.782. The summed E-state index contributed by atoms with van der Waals surface area (Å²) >= 11 is 0. The van der Waals surface area contributed by atoms with Gasteiger partial charge in [-0.25, -0.2) is 0 Å². The molecule has 0 saturated carbocycles. The van der Waals surface area contributed by atoms with Gasteiger partial charge in [0.15, 0.2) is 0 Å². The number of rotatable bonds is 5. The van der Waals surface area contributed by atoms with E-state index in [2.05, 4.69) is 21.6 Å². The van der Waals surface area contributed by atoms with E-state index in [1.165, 1.54) is 5.56 Å². The van der Waals surface area contributed by atoms with E-state index in [4.69, 9.17) is 0 Å². The molecule has 1 aromatic carbocycles. The van der Waals surface area contributed by atoms with Crippen molar-refractivity contribution in [2.75, 3.05) is 6.54 Å². The third-order valence-corrected chi connectivity index (χ3v) is 5.30. The molecule has 1 aromatic heterocycles. The van der Waals surface area contributed by atoms with Crippen molar-refractivity contribution in [3.63, 3.8) is 0 Å². The van der Waals surface area contributed by atoms with Gasteiger partial charge in [0, 0.05) is 12.1 Å². The number of hydrogen-bond donors (Lipinski definition) is 3. The highest BCUT2D eigenvalue weighted by Crippen LogP contribution is 2.34. The Morgan fingerprint density at radius 1 is 1.40 bits per heavy atom. The third kappa shape index (κ3) is 3.61. The van der Waals surface area contributed by atoms with E-state index >= 15 is 0 Å². The summed E-state index contributed by atoms with van der Waals surface area (Å²) in [5.74, 6) is 0.0519. The maximum atomic E-state index is 12.4. The molecule has 25 heavy (non-hydrogen) atoms. The van der Waals surface area contributed by atoms with Gasteiger partial charge in [-0.05, 0) is 55.7 Å². The van der Waals surface area contributed by atoms with Crippen LogP contribution < -0.4 is 5.32 Å². The van der Waals surface area contributed by atoms with Crippen molar-refractivity contribution < 1.29 is 9.90 Å². The van der Waals surface area contributed by atoms with Gasteiger partial charge in [-0.3, -0.25) is 9.89 Å². The lowest BCUT2D eigenvalue weighted by Crippen LogP contribution is -2.43. The number of aliphatic hydroxyl groups is 1. The number of aromatic nitrogens is 2. The third-order valence-electron chi connectivity index (χ3n) is 5.30. The van der Waals surface area contributed by atoms with E-state index in [0.717, 1.165) is 35.4 Å². The van der Waals surface area contributed by atoms with Crippen molar-refractivity contribution in [3.05, 3.63) is 52.3 Å². The SMILES string of the molecule is Cc1n[nH]c(C)c1C(C)CC(=O)NCC1(O)CCCc2ccccc21. The first-order chi connectivity index (χ1) is 11.9. The predicted octanol–water partition coefficient (Wildman–Crippen LogP) is 2.86. The number of hydrogen-bond acceptors (Lipinski definition) is 3. The number of nitrogens with zero attached hydrogens (tertiary/aromatic N) is 1. The zero-order valence-electron chi connectivity index (χ0n) is 15.2. The van der Waals surface area contributed by atoms with Crippen LogP contribution in [0.4, 0.5) is 0 Å². The minimum atomic E-state index is -0.963. The molecular weight excluding hydrogens is 314 g/mol. The number of carbonyl (C=O) groups excluding carboxylic acids is 1. The zero-order chi connectivity index (χ0) is 18.0. The van der Waals surface area contributed by atoms with Crippen LogP contribution in [0, 0.1) is 13.8 Å². The van der Waals surface area contributed by atoms with Crippen LogP contribution in [0.15, 0.2) is 24.3 Å². The molecule has 1 aliphatic rings. The second-order valence-electron chi connectivity index (χ2n) is 7.27. The van der Waals surface area contributed by atoms with Gasteiger partial charge in [0.05, 0.1) is 12.2 Å². The number of H-pyrrole nitrogens is 1. The standard InChI is InChI=1S/C20H27N3O2/c1-13(19-14(2)22-23-15(19)3)11-18(24)21-12-20(25)10-6-8-16-7-4-5-9-17(16)20/h4-5,7,9,13,25H,6,8,10-12H2,1-3H3,(H,21,24)(H,22,23). The molecule has 0 radical (unpaired) electrons. The largest absolute Gasteiger partial charge is 0.383 e. The monoisotopic (exact) mass is 341 g/mol. The fraction of sp³-hybridized carbons (Fsp3) is 0.500. The van der Waals surface area contributed by atoms with Gasteiger partial charge in [-0.15, -0.1) is 0 Å². The van der Waals surface area contributed by atoms with E-state index < -0.39 is 5.60 Å². The molecule has 3 rings (SSSR count). The topological polar surface area (TPSA) is 78.0 Å². The lowest BCUT2D eigenvalue weighted by Gasteiger charge is -2.34. The number of benzene rings is 1. The molecule has 2 unspecified atom stereocenters. The number of carbonyl (C=O) groups is 1. The molecule has 0 aliphatic heterocycles. The van der Waals surface area contributed by atoms with E-state index in [-0.39, 0.29) is 18.4 Å². The maximum absolute atomic E-state index is 12.4. The molecule has 2 atom stereocenters. The van der Waals surface area contributed by atoms with Crippen LogP contribution in [0.5, 0.6) is 0 Å². The molecule has 0 fully saturated rings. The maximum Gasteiger partial charge on any atom is 0.220 e. The molecule has 1 heterocycles. The van der Waals surface area contributed by atoms with Crippen LogP contribution in [0.2, 0.25) is 0 Å². The van der Waals surface area contributed by atoms with Gasteiger partial charge in [-0.2, -0.15) is 5.10 Å². The first-order valence-electron chi connectivity index (χ1n) is 8.99. The lowest BCUT2D eigenvalue weighted by atomic mass is 9.79. The van der Waals surface area contributed by atoms with Crippen LogP contribution in [0.25, 0.3) is 0 Å². The average molecular weight is 341 g/mol. The summed E-state index contributed by atoms with van der Waals surface area (Å²) in [5.41, 5.74) is 4.24. The van der Waals surface area contributed by atoms with Crippen molar-refractivity contribution in [1.29, 1.82) is 0 Å². The Balaban J connectivity index is 1.63. The Labute approximate surface area is 148 Å². The molecule has 0 spiro atoms. The molecule has 5 heteroatoms. The Morgan fingerprint density at radius 2 is 2.16 bits per heavy atom. The summed E-state index contributed by atoms with van der Waals surface area (Å²) < 4.78 is 0. The molecular formula is C20H27N3O2. The Hall–Kier alpha value is -2.14. The zero-order valence-corrected chi connectivity index (χ0v) is 15.2. The van der Waals surface area contributed by atoms with E-state index in [1.54, 1.807) is 0 Å². The van der Waals surface area contributed by atoms with Crippen LogP contribution in [0.1, 0.15) is 60.2 Å². The first kappa shape index (κ1) is 17.7. The second kappa shape index (κ2) is 7.00. The minimum absolute atomic E-state index is 0.0380. The molecule has 1 aliphatic carbocycles. The van der Waals surface area contributed by atoms with E-state index in [9.17, 15) is 9.90 Å². The fourth-order valence-corrected chi connectivity index (χ4v) is 4.06. The average Bonchev–Trinajstić information content (AvgIpc) is 2.92.